The van der Waals surface area contributed by atoms with Crippen LogP contribution in [-0.2, 0) is 19.3 Å². The van der Waals surface area contributed by atoms with Crippen molar-refractivity contribution in [1.29, 1.82) is 0 Å². The van der Waals surface area contributed by atoms with Gasteiger partial charge in [-0.05, 0) is 36.2 Å². The minimum Gasteiger partial charge on any atom is -0.476 e. The van der Waals surface area contributed by atoms with E-state index in [1.54, 1.807) is 19.1 Å². The van der Waals surface area contributed by atoms with Crippen molar-refractivity contribution >= 4 is 46.3 Å². The zero-order valence-corrected chi connectivity index (χ0v) is 21.1. The molecule has 0 aliphatic carbocycles. The third-order valence-electron chi connectivity index (χ3n) is 6.23. The van der Waals surface area contributed by atoms with Gasteiger partial charge >= 0.3 is 12.1 Å². The summed E-state index contributed by atoms with van der Waals surface area (Å²) in [5, 5.41) is 12.4. The number of nitrogens with one attached hydrogen (secondary N) is 1. The van der Waals surface area contributed by atoms with E-state index < -0.39 is 35.1 Å². The molecule has 0 saturated heterocycles. The van der Waals surface area contributed by atoms with Crippen LogP contribution < -0.4 is 15.8 Å². The van der Waals surface area contributed by atoms with Gasteiger partial charge in [-0.2, -0.15) is 13.2 Å². The van der Waals surface area contributed by atoms with E-state index in [0.29, 0.717) is 0 Å². The number of benzene rings is 1. The van der Waals surface area contributed by atoms with Crippen LogP contribution in [0.25, 0.3) is 5.65 Å². The van der Waals surface area contributed by atoms with E-state index >= 15 is 0 Å². The molecule has 0 fully saturated rings. The van der Waals surface area contributed by atoms with Gasteiger partial charge in [0.1, 0.15) is 16.6 Å². The molecule has 2 N–H and O–H groups in total. The summed E-state index contributed by atoms with van der Waals surface area (Å²) >= 11 is 12.0. The first-order valence-corrected chi connectivity index (χ1v) is 12.0. The molecule has 1 aliphatic rings. The number of nitrogens with zero attached hydrogens (tertiary/aromatic N) is 4. The SMILES string of the molecule is C[C@@H](Nc1ccc(Cl)nc1C(=O)O)c1cc(Cl)cn2c(=O)c(C(F)(F)F)c(N3Cc4ccccc4C3)nc12. The molecule has 1 atom stereocenters. The van der Waals surface area contributed by atoms with Gasteiger partial charge in [0.15, 0.2) is 11.3 Å². The molecule has 0 bridgehead atoms. The molecule has 0 radical (unpaired) electrons. The summed E-state index contributed by atoms with van der Waals surface area (Å²) in [4.78, 5) is 34.5. The summed E-state index contributed by atoms with van der Waals surface area (Å²) in [6.07, 6.45) is -3.90. The molecular formula is C25H18Cl2F3N5O3. The predicted molar refractivity (Wildman–Crippen MR) is 136 cm³/mol. The lowest BCUT2D eigenvalue weighted by Crippen LogP contribution is -2.32. The van der Waals surface area contributed by atoms with E-state index in [-0.39, 0.29) is 45.9 Å². The number of carboxylic acid groups (broad SMARTS) is 1. The van der Waals surface area contributed by atoms with Crippen molar-refractivity contribution in [2.45, 2.75) is 32.2 Å². The number of hydrogen-bond acceptors (Lipinski definition) is 6. The molecular weight excluding hydrogens is 546 g/mol. The molecule has 38 heavy (non-hydrogen) atoms. The Morgan fingerprint density at radius 1 is 1.11 bits per heavy atom. The van der Waals surface area contributed by atoms with E-state index in [1.807, 2.05) is 12.1 Å². The number of rotatable bonds is 5. The average molecular weight is 564 g/mol. The third kappa shape index (κ3) is 4.63. The first-order valence-electron chi connectivity index (χ1n) is 11.2. The maximum Gasteiger partial charge on any atom is 0.425 e. The van der Waals surface area contributed by atoms with Crippen LogP contribution in [0.1, 0.15) is 45.7 Å². The van der Waals surface area contributed by atoms with E-state index in [2.05, 4.69) is 15.3 Å². The number of carboxylic acids is 1. The van der Waals surface area contributed by atoms with Gasteiger partial charge in [0.2, 0.25) is 0 Å². The summed E-state index contributed by atoms with van der Waals surface area (Å²) < 4.78 is 43.4. The van der Waals surface area contributed by atoms with Crippen molar-refractivity contribution in [2.24, 2.45) is 0 Å². The predicted octanol–water partition coefficient (Wildman–Crippen LogP) is 5.81. The molecule has 13 heteroatoms. The number of anilines is 2. The standard InChI is InChI=1S/C25H18Cl2F3N5O3/c1-12(31-17-6-7-18(27)32-20(17)24(37)38)16-8-15(26)11-35-21(16)33-22(19(23(35)36)25(28,29)30)34-9-13-4-2-3-5-14(13)10-34/h2-8,11-12,31H,9-10H2,1H3,(H,37,38)/t12-/m1/s1. The molecule has 0 unspecified atom stereocenters. The van der Waals surface area contributed by atoms with Gasteiger partial charge in [-0.15, -0.1) is 0 Å². The molecule has 0 spiro atoms. The Bertz CT molecular complexity index is 1630. The van der Waals surface area contributed by atoms with Crippen LogP contribution >= 0.6 is 23.2 Å². The number of alkyl halides is 3. The molecule has 8 nitrogen and oxygen atoms in total. The lowest BCUT2D eigenvalue weighted by molar-refractivity contribution is -0.138. The molecule has 0 amide bonds. The van der Waals surface area contributed by atoms with Crippen molar-refractivity contribution < 1.29 is 23.1 Å². The van der Waals surface area contributed by atoms with Crippen LogP contribution in [0.3, 0.4) is 0 Å². The second kappa shape index (κ2) is 9.48. The van der Waals surface area contributed by atoms with Gasteiger partial charge < -0.3 is 15.3 Å². The van der Waals surface area contributed by atoms with Gasteiger partial charge in [-0.1, -0.05) is 47.5 Å². The van der Waals surface area contributed by atoms with Gasteiger partial charge in [0.25, 0.3) is 5.56 Å². The first-order chi connectivity index (χ1) is 17.9. The molecule has 4 heterocycles. The lowest BCUT2D eigenvalue weighted by Gasteiger charge is -2.24. The summed E-state index contributed by atoms with van der Waals surface area (Å²) in [7, 11) is 0. The first kappa shape index (κ1) is 25.8. The van der Waals surface area contributed by atoms with Gasteiger partial charge in [0, 0.05) is 24.8 Å². The highest BCUT2D eigenvalue weighted by molar-refractivity contribution is 6.30. The van der Waals surface area contributed by atoms with Crippen LogP contribution in [0, 0.1) is 0 Å². The number of fused-ring (bicyclic) bond motifs is 2. The van der Waals surface area contributed by atoms with Crippen LogP contribution in [0.15, 0.2) is 53.5 Å². The zero-order valence-electron chi connectivity index (χ0n) is 19.6. The smallest absolute Gasteiger partial charge is 0.425 e. The number of hydrogen-bond donors (Lipinski definition) is 2. The molecule has 5 rings (SSSR count). The second-order valence-corrected chi connectivity index (χ2v) is 9.57. The highest BCUT2D eigenvalue weighted by Gasteiger charge is 2.41. The van der Waals surface area contributed by atoms with Crippen molar-refractivity contribution in [3.05, 3.63) is 97.1 Å². The van der Waals surface area contributed by atoms with Crippen molar-refractivity contribution in [3.63, 3.8) is 0 Å². The molecule has 1 aromatic carbocycles. The number of aromatic nitrogens is 3. The molecule has 0 saturated carbocycles. The van der Waals surface area contributed by atoms with Crippen molar-refractivity contribution in [2.75, 3.05) is 10.2 Å². The van der Waals surface area contributed by atoms with Gasteiger partial charge in [-0.3, -0.25) is 9.20 Å². The Labute approximate surface area is 223 Å². The Morgan fingerprint density at radius 3 is 2.37 bits per heavy atom. The number of halogens is 5. The summed E-state index contributed by atoms with van der Waals surface area (Å²) in [6, 6.07) is 10.7. The van der Waals surface area contributed by atoms with Gasteiger partial charge in [0.05, 0.1) is 16.8 Å². The van der Waals surface area contributed by atoms with Crippen LogP contribution in [0.5, 0.6) is 0 Å². The molecule has 3 aromatic heterocycles. The quantitative estimate of drug-likeness (QED) is 0.296. The number of carbonyl (C=O) groups is 1. The van der Waals surface area contributed by atoms with Crippen LogP contribution in [-0.4, -0.2) is 25.4 Å². The van der Waals surface area contributed by atoms with E-state index in [9.17, 15) is 27.9 Å². The average Bonchev–Trinajstić information content (AvgIpc) is 3.28. The lowest BCUT2D eigenvalue weighted by atomic mass is 10.1. The van der Waals surface area contributed by atoms with Crippen LogP contribution in [0.2, 0.25) is 10.2 Å². The Balaban J connectivity index is 1.67. The van der Waals surface area contributed by atoms with Crippen molar-refractivity contribution in [1.82, 2.24) is 14.4 Å². The minimum atomic E-state index is -4.98. The van der Waals surface area contributed by atoms with E-state index in [0.717, 1.165) is 21.7 Å². The zero-order chi connectivity index (χ0) is 27.4. The Morgan fingerprint density at radius 2 is 1.76 bits per heavy atom. The third-order valence-corrected chi connectivity index (χ3v) is 6.64. The Kier molecular flexibility index (Phi) is 6.44. The highest BCUT2D eigenvalue weighted by atomic mass is 35.5. The van der Waals surface area contributed by atoms with E-state index in [4.69, 9.17) is 23.2 Å². The van der Waals surface area contributed by atoms with Gasteiger partial charge in [-0.25, -0.2) is 14.8 Å². The maximum atomic E-state index is 14.2. The monoisotopic (exact) mass is 563 g/mol. The topological polar surface area (TPSA) is 99.8 Å². The highest BCUT2D eigenvalue weighted by Crippen LogP contribution is 2.38. The fourth-order valence-electron chi connectivity index (χ4n) is 4.52. The summed E-state index contributed by atoms with van der Waals surface area (Å²) in [5.41, 5.74) is -1.07. The molecule has 1 aliphatic heterocycles. The molecule has 4 aromatic rings. The van der Waals surface area contributed by atoms with Crippen LogP contribution in [0.4, 0.5) is 24.7 Å². The fraction of sp³-hybridized carbons (Fsp3) is 0.200. The fourth-order valence-corrected chi connectivity index (χ4v) is 4.89. The maximum absolute atomic E-state index is 14.2. The summed E-state index contributed by atoms with van der Waals surface area (Å²) in [6.45, 7) is 1.93. The number of pyridine rings is 2. The minimum absolute atomic E-state index is 0.00723. The second-order valence-electron chi connectivity index (χ2n) is 8.75. The summed E-state index contributed by atoms with van der Waals surface area (Å²) in [5.74, 6) is -1.83. The van der Waals surface area contributed by atoms with E-state index in [1.165, 1.54) is 23.1 Å². The Hall–Kier alpha value is -3.83. The largest absolute Gasteiger partial charge is 0.476 e. The molecule has 196 valence electrons. The number of aromatic carboxylic acids is 1. The van der Waals surface area contributed by atoms with Crippen molar-refractivity contribution in [3.8, 4) is 0 Å². The normalized spacial score (nSPS) is 14.0.